The minimum atomic E-state index is -3.29. The van der Waals surface area contributed by atoms with Gasteiger partial charge in [0.15, 0.2) is 9.84 Å². The molecule has 3 atom stereocenters. The van der Waals surface area contributed by atoms with Gasteiger partial charge in [-0.3, -0.25) is 4.99 Å². The number of rotatable bonds is 1. The second-order valence-electron chi connectivity index (χ2n) is 4.31. The van der Waals surface area contributed by atoms with E-state index in [4.69, 9.17) is 5.73 Å². The van der Waals surface area contributed by atoms with Crippen molar-refractivity contribution in [2.75, 3.05) is 5.75 Å². The van der Waals surface area contributed by atoms with E-state index < -0.39 is 21.1 Å². The van der Waals surface area contributed by atoms with Gasteiger partial charge in [-0.25, -0.2) is 12.8 Å². The first kappa shape index (κ1) is 13.4. The fourth-order valence-corrected chi connectivity index (χ4v) is 3.74. The Morgan fingerprint density at radius 1 is 1.50 bits per heavy atom. The molecule has 1 heterocycles. The second-order valence-corrected chi connectivity index (χ2v) is 7.30. The van der Waals surface area contributed by atoms with Gasteiger partial charge in [0.2, 0.25) is 0 Å². The normalized spacial score (nSPS) is 26.7. The van der Waals surface area contributed by atoms with Crippen LogP contribution in [0.15, 0.2) is 23.2 Å². The summed E-state index contributed by atoms with van der Waals surface area (Å²) in [5, 5.41) is -0.150. The zero-order chi connectivity index (χ0) is 13.5. The summed E-state index contributed by atoms with van der Waals surface area (Å²) in [4.78, 5) is 4.20. The quantitative estimate of drug-likeness (QED) is 0.767. The number of amidine groups is 1. The molecule has 1 aliphatic heterocycles. The van der Waals surface area contributed by atoms with Gasteiger partial charge in [0.1, 0.15) is 16.9 Å². The Morgan fingerprint density at radius 2 is 2.17 bits per heavy atom. The Balaban J connectivity index is 2.47. The van der Waals surface area contributed by atoms with E-state index in [1.54, 1.807) is 6.07 Å². The molecule has 0 radical (unpaired) electrons. The maximum Gasteiger partial charge on any atom is 0.162 e. The maximum atomic E-state index is 13.0. The topological polar surface area (TPSA) is 72.5 Å². The molecule has 98 valence electrons. The first-order valence-electron chi connectivity index (χ1n) is 5.41. The average Bonchev–Trinajstić information content (AvgIpc) is 2.25. The van der Waals surface area contributed by atoms with E-state index in [-0.39, 0.29) is 17.4 Å². The van der Waals surface area contributed by atoms with Gasteiger partial charge in [0.05, 0.1) is 11.8 Å². The number of hydrogen-bond donors (Lipinski definition) is 1. The van der Waals surface area contributed by atoms with Crippen LogP contribution in [0.5, 0.6) is 0 Å². The highest BCUT2D eigenvalue weighted by molar-refractivity contribution is 7.92. The standard InChI is InChI=1S/C11H14FN2O2PS/c1-6-11(13)14-9(5-18(6,15)16)8-3-2-7(12)4-10(8)17/h2-4,6,9H,5,17H2,1H3,(H2,13,14). The first-order chi connectivity index (χ1) is 8.31. The van der Waals surface area contributed by atoms with Crippen molar-refractivity contribution in [3.8, 4) is 0 Å². The summed E-state index contributed by atoms with van der Waals surface area (Å²) in [6.07, 6.45) is 0. The Kier molecular flexibility index (Phi) is 3.43. The predicted molar refractivity (Wildman–Crippen MR) is 73.4 cm³/mol. The molecule has 2 N–H and O–H groups in total. The molecule has 0 bridgehead atoms. The fourth-order valence-electron chi connectivity index (χ4n) is 1.88. The molecule has 1 aliphatic rings. The molecule has 1 aromatic carbocycles. The van der Waals surface area contributed by atoms with Crippen molar-refractivity contribution < 1.29 is 12.8 Å². The smallest absolute Gasteiger partial charge is 0.162 e. The van der Waals surface area contributed by atoms with E-state index in [1.165, 1.54) is 19.1 Å². The lowest BCUT2D eigenvalue weighted by Gasteiger charge is -2.24. The minimum absolute atomic E-state index is 0.0953. The van der Waals surface area contributed by atoms with Gasteiger partial charge >= 0.3 is 0 Å². The lowest BCUT2D eigenvalue weighted by Crippen LogP contribution is -2.41. The molecule has 18 heavy (non-hydrogen) atoms. The monoisotopic (exact) mass is 288 g/mol. The summed E-state index contributed by atoms with van der Waals surface area (Å²) in [7, 11) is -0.905. The van der Waals surface area contributed by atoms with E-state index >= 15 is 0 Å². The second kappa shape index (κ2) is 4.59. The molecule has 0 aromatic heterocycles. The molecule has 0 saturated heterocycles. The van der Waals surface area contributed by atoms with Crippen molar-refractivity contribution >= 4 is 30.2 Å². The summed E-state index contributed by atoms with van der Waals surface area (Å²) in [6, 6.07) is 3.61. The number of sulfone groups is 1. The molecule has 2 rings (SSSR count). The van der Waals surface area contributed by atoms with Crippen LogP contribution < -0.4 is 11.0 Å². The number of halogens is 1. The largest absolute Gasteiger partial charge is 0.386 e. The number of hydrogen-bond acceptors (Lipinski definition) is 4. The molecule has 0 spiro atoms. The SMILES string of the molecule is CC1C(N)=NC(c2ccc(F)cc2P)CS1(=O)=O. The molecular formula is C11H14FN2O2PS. The zero-order valence-electron chi connectivity index (χ0n) is 9.80. The lowest BCUT2D eigenvalue weighted by atomic mass is 10.1. The van der Waals surface area contributed by atoms with Crippen LogP contribution in [0.2, 0.25) is 0 Å². The van der Waals surface area contributed by atoms with Gasteiger partial charge in [0.25, 0.3) is 0 Å². The van der Waals surface area contributed by atoms with Gasteiger partial charge < -0.3 is 5.73 Å². The summed E-state index contributed by atoms with van der Waals surface area (Å²) >= 11 is 0. The van der Waals surface area contributed by atoms with Crippen molar-refractivity contribution in [3.63, 3.8) is 0 Å². The van der Waals surface area contributed by atoms with Crippen LogP contribution in [0.25, 0.3) is 0 Å². The van der Waals surface area contributed by atoms with Crippen LogP contribution in [0.1, 0.15) is 18.5 Å². The number of nitrogens with zero attached hydrogens (tertiary/aromatic N) is 1. The number of aliphatic imine (C=N–C) groups is 1. The van der Waals surface area contributed by atoms with Crippen LogP contribution in [-0.4, -0.2) is 25.3 Å². The molecule has 1 aromatic rings. The Morgan fingerprint density at radius 3 is 2.72 bits per heavy atom. The summed E-state index contributed by atoms with van der Waals surface area (Å²) in [5.41, 5.74) is 6.32. The van der Waals surface area contributed by atoms with E-state index in [0.29, 0.717) is 10.9 Å². The molecule has 4 nitrogen and oxygen atoms in total. The van der Waals surface area contributed by atoms with Crippen LogP contribution in [-0.2, 0) is 9.84 Å². The van der Waals surface area contributed by atoms with Crippen LogP contribution in [0.4, 0.5) is 4.39 Å². The summed E-state index contributed by atoms with van der Waals surface area (Å²) in [6.45, 7) is 1.52. The molecule has 0 amide bonds. The Bertz CT molecular complexity index is 615. The van der Waals surface area contributed by atoms with Gasteiger partial charge in [-0.1, -0.05) is 6.07 Å². The molecule has 0 fully saturated rings. The first-order valence-corrected chi connectivity index (χ1v) is 7.70. The highest BCUT2D eigenvalue weighted by Gasteiger charge is 2.34. The number of benzene rings is 1. The predicted octanol–water partition coefficient (Wildman–Crippen LogP) is 0.541. The van der Waals surface area contributed by atoms with E-state index in [2.05, 4.69) is 14.2 Å². The Labute approximate surface area is 108 Å². The van der Waals surface area contributed by atoms with Crippen molar-refractivity contribution in [3.05, 3.63) is 29.6 Å². The maximum absolute atomic E-state index is 13.0. The van der Waals surface area contributed by atoms with Gasteiger partial charge in [0, 0.05) is 0 Å². The van der Waals surface area contributed by atoms with Crippen molar-refractivity contribution in [2.24, 2.45) is 10.7 Å². The van der Waals surface area contributed by atoms with Gasteiger partial charge in [-0.15, -0.1) is 9.24 Å². The highest BCUT2D eigenvalue weighted by atomic mass is 32.2. The van der Waals surface area contributed by atoms with Gasteiger partial charge in [-0.05, 0) is 29.9 Å². The van der Waals surface area contributed by atoms with Gasteiger partial charge in [-0.2, -0.15) is 0 Å². The van der Waals surface area contributed by atoms with Crippen molar-refractivity contribution in [1.29, 1.82) is 0 Å². The third-order valence-corrected chi connectivity index (χ3v) is 5.66. The van der Waals surface area contributed by atoms with E-state index in [0.717, 1.165) is 0 Å². The van der Waals surface area contributed by atoms with E-state index in [1.807, 2.05) is 0 Å². The molecule has 7 heteroatoms. The fraction of sp³-hybridized carbons (Fsp3) is 0.364. The molecule has 0 aliphatic carbocycles. The van der Waals surface area contributed by atoms with Crippen LogP contribution >= 0.6 is 9.24 Å². The van der Waals surface area contributed by atoms with Crippen molar-refractivity contribution in [2.45, 2.75) is 18.2 Å². The third-order valence-electron chi connectivity index (χ3n) is 3.06. The summed E-state index contributed by atoms with van der Waals surface area (Å²) < 4.78 is 36.8. The zero-order valence-corrected chi connectivity index (χ0v) is 11.8. The molecule has 0 saturated carbocycles. The van der Waals surface area contributed by atoms with Crippen molar-refractivity contribution in [1.82, 2.24) is 0 Å². The minimum Gasteiger partial charge on any atom is -0.386 e. The third kappa shape index (κ3) is 2.40. The molecule has 3 unspecified atom stereocenters. The highest BCUT2D eigenvalue weighted by Crippen LogP contribution is 2.26. The van der Waals surface area contributed by atoms with E-state index in [9.17, 15) is 12.8 Å². The lowest BCUT2D eigenvalue weighted by molar-refractivity contribution is 0.581. The number of nitrogens with two attached hydrogens (primary N) is 1. The summed E-state index contributed by atoms with van der Waals surface area (Å²) in [5.74, 6) is -0.352. The van der Waals surface area contributed by atoms with Crippen LogP contribution in [0, 0.1) is 5.82 Å². The van der Waals surface area contributed by atoms with Crippen LogP contribution in [0.3, 0.4) is 0 Å². The molecular weight excluding hydrogens is 274 g/mol. The average molecular weight is 288 g/mol. The Hall–Kier alpha value is -1.00.